The number of hydrogen-bond donors (Lipinski definition) is 3. The molecule has 9 nitrogen and oxygen atoms in total. The van der Waals surface area contributed by atoms with Crippen LogP contribution in [0.25, 0.3) is 0 Å². The molecule has 1 saturated heterocycles. The molecule has 14 heteroatoms. The van der Waals surface area contributed by atoms with Crippen molar-refractivity contribution < 1.29 is 40.3 Å². The van der Waals surface area contributed by atoms with Crippen LogP contribution < -0.4 is 15.4 Å². The Morgan fingerprint density at radius 3 is 2.26 bits per heavy atom. The van der Waals surface area contributed by atoms with Crippen LogP contribution in [0.2, 0.25) is 0 Å². The lowest BCUT2D eigenvalue weighted by atomic mass is 9.92. The van der Waals surface area contributed by atoms with Crippen LogP contribution in [-0.2, 0) is 19.6 Å². The molecule has 1 atom stereocenters. The van der Waals surface area contributed by atoms with Crippen LogP contribution in [0.3, 0.4) is 0 Å². The number of nitrogens with one attached hydrogen (secondary N) is 3. The molecular formula is C24H28F4N4O5S. The third-order valence-corrected chi connectivity index (χ3v) is 7.69. The van der Waals surface area contributed by atoms with Gasteiger partial charge in [0.05, 0.1) is 11.1 Å². The number of benzene rings is 1. The highest BCUT2D eigenvalue weighted by atomic mass is 32.2. The van der Waals surface area contributed by atoms with Crippen molar-refractivity contribution in [1.82, 2.24) is 15.0 Å². The molecular weight excluding hydrogens is 532 g/mol. The normalized spacial score (nSPS) is 16.1. The number of carbonyl (C=O) groups is 2. The lowest BCUT2D eigenvalue weighted by Crippen LogP contribution is -2.54. The second-order valence-electron chi connectivity index (χ2n) is 9.42. The maximum atomic E-state index is 13.2. The quantitative estimate of drug-likeness (QED) is 0.404. The highest BCUT2D eigenvalue weighted by Gasteiger charge is 2.49. The van der Waals surface area contributed by atoms with Crippen LogP contribution in [0.5, 0.6) is 0 Å². The van der Waals surface area contributed by atoms with Crippen LogP contribution in [0.15, 0.2) is 47.5 Å². The van der Waals surface area contributed by atoms with Crippen molar-refractivity contribution in [3.8, 4) is 0 Å². The first-order chi connectivity index (χ1) is 17.7. The molecule has 0 aliphatic carbocycles. The van der Waals surface area contributed by atoms with Gasteiger partial charge >= 0.3 is 6.18 Å². The Kier molecular flexibility index (Phi) is 9.10. The first-order valence-electron chi connectivity index (χ1n) is 11.7. The second-order valence-corrected chi connectivity index (χ2v) is 11.1. The summed E-state index contributed by atoms with van der Waals surface area (Å²) in [5.74, 6) is -1.83. The number of carbonyl (C=O) groups excluding carboxylic acids is 2. The van der Waals surface area contributed by atoms with E-state index in [0.29, 0.717) is 39.9 Å². The van der Waals surface area contributed by atoms with Crippen molar-refractivity contribution >= 4 is 27.5 Å². The van der Waals surface area contributed by atoms with E-state index in [1.54, 1.807) is 4.72 Å². The van der Waals surface area contributed by atoms with Crippen molar-refractivity contribution in [2.75, 3.05) is 18.5 Å². The van der Waals surface area contributed by atoms with Crippen LogP contribution in [0.4, 0.5) is 23.2 Å². The number of ether oxygens (including phenoxy) is 1. The van der Waals surface area contributed by atoms with Gasteiger partial charge in [0, 0.05) is 18.9 Å². The Morgan fingerprint density at radius 1 is 1.08 bits per heavy atom. The van der Waals surface area contributed by atoms with Crippen LogP contribution in [0, 0.1) is 11.7 Å². The first-order valence-corrected chi connectivity index (χ1v) is 13.2. The van der Waals surface area contributed by atoms with Gasteiger partial charge in [0.2, 0.25) is 15.9 Å². The number of sulfonamides is 1. The molecule has 1 aromatic heterocycles. The fourth-order valence-electron chi connectivity index (χ4n) is 3.69. The van der Waals surface area contributed by atoms with Gasteiger partial charge in [-0.15, -0.1) is 0 Å². The zero-order valence-electron chi connectivity index (χ0n) is 20.6. The van der Waals surface area contributed by atoms with E-state index >= 15 is 0 Å². The number of aromatic nitrogens is 1. The van der Waals surface area contributed by atoms with Gasteiger partial charge in [-0.25, -0.2) is 17.8 Å². The third kappa shape index (κ3) is 7.71. The van der Waals surface area contributed by atoms with Gasteiger partial charge in [-0.2, -0.15) is 17.9 Å². The number of anilines is 1. The van der Waals surface area contributed by atoms with E-state index in [0.717, 1.165) is 24.4 Å². The van der Waals surface area contributed by atoms with E-state index in [4.69, 9.17) is 4.74 Å². The summed E-state index contributed by atoms with van der Waals surface area (Å²) in [6.45, 7) is 2.43. The molecule has 1 fully saturated rings. The Bertz CT molecular complexity index is 1230. The summed E-state index contributed by atoms with van der Waals surface area (Å²) in [4.78, 5) is 29.0. The molecule has 2 amide bonds. The van der Waals surface area contributed by atoms with Crippen LogP contribution in [-0.4, -0.2) is 56.2 Å². The van der Waals surface area contributed by atoms with Gasteiger partial charge in [0.1, 0.15) is 23.1 Å². The lowest BCUT2D eigenvalue weighted by molar-refractivity contribution is -0.180. The van der Waals surface area contributed by atoms with E-state index in [1.165, 1.54) is 18.2 Å². The van der Waals surface area contributed by atoms with E-state index in [1.807, 2.05) is 0 Å². The molecule has 0 saturated carbocycles. The van der Waals surface area contributed by atoms with Crippen molar-refractivity contribution in [3.63, 3.8) is 0 Å². The highest BCUT2D eigenvalue weighted by molar-refractivity contribution is 7.89. The highest BCUT2D eigenvalue weighted by Crippen LogP contribution is 2.31. The summed E-state index contributed by atoms with van der Waals surface area (Å²) >= 11 is 0. The van der Waals surface area contributed by atoms with Crippen LogP contribution >= 0.6 is 0 Å². The molecule has 0 radical (unpaired) electrons. The van der Waals surface area contributed by atoms with Gasteiger partial charge < -0.3 is 15.4 Å². The molecule has 2 heterocycles. The average Bonchev–Trinajstić information content (AvgIpc) is 2.83. The number of nitrogens with zero attached hydrogens (tertiary/aromatic N) is 1. The lowest BCUT2D eigenvalue weighted by Gasteiger charge is -2.28. The van der Waals surface area contributed by atoms with Gasteiger partial charge in [-0.05, 0) is 75.4 Å². The third-order valence-electron chi connectivity index (χ3n) is 6.02. The topological polar surface area (TPSA) is 126 Å². The largest absolute Gasteiger partial charge is 0.407 e. The Labute approximate surface area is 217 Å². The van der Waals surface area contributed by atoms with Crippen molar-refractivity contribution in [2.45, 2.75) is 55.8 Å². The average molecular weight is 561 g/mol. The van der Waals surface area contributed by atoms with E-state index in [9.17, 15) is 35.6 Å². The summed E-state index contributed by atoms with van der Waals surface area (Å²) < 4.78 is 84.4. The molecule has 1 aliphatic rings. The van der Waals surface area contributed by atoms with Crippen molar-refractivity contribution in [3.05, 3.63) is 54.1 Å². The molecule has 0 unspecified atom stereocenters. The zero-order chi connectivity index (χ0) is 28.1. The standard InChI is InChI=1S/C24H28F4N4O5S/c1-23(2,24(26,27)28)32-38(35,36)18-6-4-17(5-7-18)30-22(34)20(13-15-9-11-37-12-10-15)31-21(33)19-8-3-16(25)14-29-19/h3-8,14-15,20,32H,9-13H2,1-2H3,(H,30,34)(H,31,33)/t20-/m0/s1. The van der Waals surface area contributed by atoms with Gasteiger partial charge in [-0.1, -0.05) is 0 Å². The summed E-state index contributed by atoms with van der Waals surface area (Å²) in [6.07, 6.45) is -2.29. The Balaban J connectivity index is 1.73. The molecule has 3 rings (SSSR count). The fourth-order valence-corrected chi connectivity index (χ4v) is 5.09. The van der Waals surface area contributed by atoms with Crippen LogP contribution in [0.1, 0.15) is 43.6 Å². The Hall–Kier alpha value is -3.10. The maximum absolute atomic E-state index is 13.2. The van der Waals surface area contributed by atoms with E-state index in [-0.39, 0.29) is 23.7 Å². The predicted molar refractivity (Wildman–Crippen MR) is 129 cm³/mol. The zero-order valence-corrected chi connectivity index (χ0v) is 21.5. The molecule has 2 aromatic rings. The fraction of sp³-hybridized carbons (Fsp3) is 0.458. The molecule has 38 heavy (non-hydrogen) atoms. The minimum atomic E-state index is -4.82. The number of rotatable bonds is 9. The van der Waals surface area contributed by atoms with Gasteiger partial charge in [0.15, 0.2) is 0 Å². The smallest absolute Gasteiger partial charge is 0.381 e. The number of amides is 2. The summed E-state index contributed by atoms with van der Waals surface area (Å²) in [5.41, 5.74) is -2.62. The molecule has 0 bridgehead atoms. The predicted octanol–water partition coefficient (Wildman–Crippen LogP) is 3.39. The molecule has 208 valence electrons. The summed E-state index contributed by atoms with van der Waals surface area (Å²) in [6, 6.07) is 5.80. The van der Waals surface area contributed by atoms with Gasteiger partial charge in [-0.3, -0.25) is 9.59 Å². The molecule has 1 aliphatic heterocycles. The number of pyridine rings is 1. The van der Waals surface area contributed by atoms with Gasteiger partial charge in [0.25, 0.3) is 5.91 Å². The summed E-state index contributed by atoms with van der Waals surface area (Å²) in [5, 5.41) is 5.19. The van der Waals surface area contributed by atoms with E-state index in [2.05, 4.69) is 15.6 Å². The Morgan fingerprint density at radius 2 is 1.71 bits per heavy atom. The number of hydrogen-bond acceptors (Lipinski definition) is 6. The molecule has 3 N–H and O–H groups in total. The van der Waals surface area contributed by atoms with Crippen molar-refractivity contribution in [2.24, 2.45) is 5.92 Å². The molecule has 0 spiro atoms. The molecule has 1 aromatic carbocycles. The first kappa shape index (κ1) is 29.5. The van der Waals surface area contributed by atoms with E-state index < -0.39 is 50.3 Å². The second kappa shape index (κ2) is 11.7. The SMILES string of the molecule is CC(C)(NS(=O)(=O)c1ccc(NC(=O)[C@H](CC2CCOCC2)NC(=O)c2ccc(F)cn2)cc1)C(F)(F)F. The monoisotopic (exact) mass is 560 g/mol. The summed E-state index contributed by atoms with van der Waals surface area (Å²) in [7, 11) is -4.52. The number of halogens is 4. The minimum Gasteiger partial charge on any atom is -0.381 e. The minimum absolute atomic E-state index is 0.0801. The van der Waals surface area contributed by atoms with Crippen molar-refractivity contribution in [1.29, 1.82) is 0 Å². The maximum Gasteiger partial charge on any atom is 0.407 e. The number of alkyl halides is 3.